The van der Waals surface area contributed by atoms with E-state index in [1.807, 2.05) is 0 Å². The van der Waals surface area contributed by atoms with E-state index in [4.69, 9.17) is 0 Å². The number of unbranched alkanes of at least 4 members (excludes halogenated alkanes) is 4. The summed E-state index contributed by atoms with van der Waals surface area (Å²) in [5.74, 6) is 0. The quantitative estimate of drug-likeness (QED) is 0.283. The molecule has 0 aliphatic heterocycles. The van der Waals surface area contributed by atoms with Gasteiger partial charge in [-0.1, -0.05) is 162 Å². The van der Waals surface area contributed by atoms with Crippen molar-refractivity contribution in [2.45, 2.75) is 162 Å². The van der Waals surface area contributed by atoms with Gasteiger partial charge in [0.1, 0.15) is 0 Å². The topological polar surface area (TPSA) is 0 Å². The first-order valence-corrected chi connectivity index (χ1v) is 12.4. The van der Waals surface area contributed by atoms with Crippen molar-refractivity contribution in [3.8, 4) is 0 Å². The molecule has 0 aromatic rings. The van der Waals surface area contributed by atoms with Crippen LogP contribution in [0.4, 0.5) is 0 Å². The van der Waals surface area contributed by atoms with E-state index in [0.29, 0.717) is 0 Å². The molecule has 0 N–H and O–H groups in total. The average Bonchev–Trinajstić information content (AvgIpc) is 2.74. The smallest absolute Gasteiger partial charge is 0 e. The first-order chi connectivity index (χ1) is 12.4. The summed E-state index contributed by atoms with van der Waals surface area (Å²) < 4.78 is 0. The van der Waals surface area contributed by atoms with Crippen LogP contribution in [0.25, 0.3) is 0 Å². The molecule has 4 radical (unpaired) electrons. The zero-order valence-corrected chi connectivity index (χ0v) is 21.6. The van der Waals surface area contributed by atoms with Gasteiger partial charge in [-0.25, -0.2) is 0 Å². The Bertz CT molecular complexity index is 135. The van der Waals surface area contributed by atoms with Gasteiger partial charge in [-0.3, -0.25) is 0 Å². The van der Waals surface area contributed by atoms with Crippen molar-refractivity contribution in [2.75, 3.05) is 0 Å². The average molecular weight is 471 g/mol. The number of rotatable bonds is 4. The summed E-state index contributed by atoms with van der Waals surface area (Å²) >= 11 is 0. The molecule has 3 fully saturated rings. The van der Waals surface area contributed by atoms with E-state index in [1.54, 1.807) is 0 Å². The Labute approximate surface area is 185 Å². The minimum absolute atomic E-state index is 0. The van der Waals surface area contributed by atoms with Gasteiger partial charge in [0.2, 0.25) is 0 Å². The van der Waals surface area contributed by atoms with Gasteiger partial charge in [-0.05, 0) is 0 Å². The van der Waals surface area contributed by atoms with E-state index < -0.39 is 0 Å². The van der Waals surface area contributed by atoms with Gasteiger partial charge in [0.15, 0.2) is 0 Å². The first-order valence-electron chi connectivity index (χ1n) is 12.4. The summed E-state index contributed by atoms with van der Waals surface area (Å²) in [6.45, 7) is 4.49. The Morgan fingerprint density at radius 1 is 0.308 bits per heavy atom. The Morgan fingerprint density at radius 3 is 0.577 bits per heavy atom. The van der Waals surface area contributed by atoms with Crippen molar-refractivity contribution < 1.29 is 0 Å². The van der Waals surface area contributed by atoms with E-state index in [0.717, 1.165) is 0 Å². The van der Waals surface area contributed by atoms with Gasteiger partial charge in [0.25, 0.3) is 0 Å². The molecule has 0 unspecified atom stereocenters. The van der Waals surface area contributed by atoms with Crippen molar-refractivity contribution in [3.63, 3.8) is 0 Å². The third-order valence-corrected chi connectivity index (χ3v) is 5.71. The van der Waals surface area contributed by atoms with Crippen LogP contribution in [0.5, 0.6) is 0 Å². The van der Waals surface area contributed by atoms with E-state index in [2.05, 4.69) is 13.8 Å². The third-order valence-electron chi connectivity index (χ3n) is 5.71. The van der Waals surface area contributed by atoms with Crippen molar-refractivity contribution in [1.29, 1.82) is 0 Å². The second-order valence-corrected chi connectivity index (χ2v) is 8.42. The van der Waals surface area contributed by atoms with Crippen LogP contribution >= 0.6 is 0 Å². The van der Waals surface area contributed by atoms with E-state index in [1.165, 1.54) is 148 Å². The van der Waals surface area contributed by atoms with Gasteiger partial charge >= 0.3 is 0 Å². The van der Waals surface area contributed by atoms with E-state index >= 15 is 0 Å². The van der Waals surface area contributed by atoms with Crippen LogP contribution in [0.3, 0.4) is 0 Å². The molecule has 0 bridgehead atoms. The molecule has 26 heavy (non-hydrogen) atoms. The van der Waals surface area contributed by atoms with Crippen LogP contribution in [0, 0.1) is 0 Å². The molecule has 0 atom stereocenters. The fourth-order valence-corrected chi connectivity index (χ4v) is 3.86. The zero-order valence-electron chi connectivity index (χ0n) is 18.8. The largest absolute Gasteiger partial charge is 0.0654 e. The molecular formula is C25H52Sn. The van der Waals surface area contributed by atoms with Crippen molar-refractivity contribution in [1.82, 2.24) is 0 Å². The van der Waals surface area contributed by atoms with Crippen LogP contribution in [-0.4, -0.2) is 23.9 Å². The van der Waals surface area contributed by atoms with Gasteiger partial charge < -0.3 is 0 Å². The van der Waals surface area contributed by atoms with Crippen molar-refractivity contribution in [3.05, 3.63) is 0 Å². The molecule has 0 nitrogen and oxygen atoms in total. The molecule has 3 rings (SSSR count). The van der Waals surface area contributed by atoms with Crippen molar-refractivity contribution in [2.24, 2.45) is 0 Å². The summed E-state index contributed by atoms with van der Waals surface area (Å²) in [4.78, 5) is 0. The summed E-state index contributed by atoms with van der Waals surface area (Å²) in [6, 6.07) is 0. The van der Waals surface area contributed by atoms with Gasteiger partial charge in [-0.15, -0.1) is 0 Å². The SMILES string of the molecule is C1CCCCC1.C1CCCCC1.C1CCCCC1.CCCCCCC.[Sn]. The molecule has 3 saturated carbocycles. The predicted octanol–water partition coefficient (Wildman–Crippen LogP) is 9.62. The molecule has 3 aliphatic rings. The molecule has 0 aromatic heterocycles. The van der Waals surface area contributed by atoms with Gasteiger partial charge in [-0.2, -0.15) is 0 Å². The molecular weight excluding hydrogens is 419 g/mol. The fourth-order valence-electron chi connectivity index (χ4n) is 3.86. The molecule has 0 saturated heterocycles. The minimum atomic E-state index is 0. The molecule has 156 valence electrons. The fraction of sp³-hybridized carbons (Fsp3) is 1.00. The Kier molecular flexibility index (Phi) is 31.2. The minimum Gasteiger partial charge on any atom is -0.0654 e. The molecule has 0 aromatic carbocycles. The molecule has 0 amide bonds. The summed E-state index contributed by atoms with van der Waals surface area (Å²) in [7, 11) is 0. The molecule has 0 spiro atoms. The van der Waals surface area contributed by atoms with Crippen molar-refractivity contribution >= 4 is 23.9 Å². The normalized spacial score (nSPS) is 19.2. The monoisotopic (exact) mass is 472 g/mol. The molecule has 1 heteroatoms. The van der Waals surface area contributed by atoms with Crippen LogP contribution in [0.1, 0.15) is 162 Å². The van der Waals surface area contributed by atoms with E-state index in [9.17, 15) is 0 Å². The van der Waals surface area contributed by atoms with Crippen LogP contribution in [0.2, 0.25) is 0 Å². The molecule has 0 heterocycles. The zero-order chi connectivity index (χ0) is 18.3. The van der Waals surface area contributed by atoms with Gasteiger partial charge in [0.05, 0.1) is 0 Å². The standard InChI is InChI=1S/C7H16.3C6H12.Sn/c1-3-5-7-6-4-2;3*1-2-4-6-5-3-1;/h3-7H2,1-2H3;3*1-6H2;. The second-order valence-electron chi connectivity index (χ2n) is 8.42. The predicted molar refractivity (Wildman–Crippen MR) is 123 cm³/mol. The Hall–Kier alpha value is 0.799. The first kappa shape index (κ1) is 29.0. The third kappa shape index (κ3) is 27.0. The van der Waals surface area contributed by atoms with Crippen LogP contribution in [0.15, 0.2) is 0 Å². The molecule has 3 aliphatic carbocycles. The second kappa shape index (κ2) is 28.0. The Balaban J connectivity index is 0. The summed E-state index contributed by atoms with van der Waals surface area (Å²) in [6.07, 6.45) is 34.0. The summed E-state index contributed by atoms with van der Waals surface area (Å²) in [5, 5.41) is 0. The van der Waals surface area contributed by atoms with E-state index in [-0.39, 0.29) is 23.9 Å². The van der Waals surface area contributed by atoms with Crippen LogP contribution < -0.4 is 0 Å². The maximum atomic E-state index is 2.25. The van der Waals surface area contributed by atoms with Crippen LogP contribution in [-0.2, 0) is 0 Å². The number of hydrogen-bond donors (Lipinski definition) is 0. The maximum Gasteiger partial charge on any atom is 0 e. The summed E-state index contributed by atoms with van der Waals surface area (Å²) in [5.41, 5.74) is 0. The number of hydrogen-bond acceptors (Lipinski definition) is 0. The maximum absolute atomic E-state index is 2.25. The van der Waals surface area contributed by atoms with Gasteiger partial charge in [0, 0.05) is 23.9 Å². The Morgan fingerprint density at radius 2 is 0.462 bits per heavy atom.